The first-order valence-electron chi connectivity index (χ1n) is 8.76. The number of hydrogen-bond acceptors (Lipinski definition) is 2. The van der Waals surface area contributed by atoms with E-state index in [1.54, 1.807) is 4.90 Å². The maximum absolute atomic E-state index is 12.1. The van der Waals surface area contributed by atoms with Crippen LogP contribution >= 0.6 is 0 Å². The molecule has 0 spiro atoms. The van der Waals surface area contributed by atoms with Gasteiger partial charge in [-0.2, -0.15) is 0 Å². The van der Waals surface area contributed by atoms with Gasteiger partial charge in [0.2, 0.25) is 0 Å². The molecule has 1 heterocycles. The summed E-state index contributed by atoms with van der Waals surface area (Å²) in [5.74, 6) is 0.830. The summed E-state index contributed by atoms with van der Waals surface area (Å²) in [6.45, 7) is 5.69. The molecule has 1 aliphatic rings. The normalized spacial score (nSPS) is 15.5. The number of benzene rings is 2. The highest BCUT2D eigenvalue weighted by molar-refractivity contribution is 5.46. The van der Waals surface area contributed by atoms with E-state index in [-0.39, 0.29) is 6.67 Å². The first-order valence-corrected chi connectivity index (χ1v) is 8.76. The second-order valence-corrected chi connectivity index (χ2v) is 6.28. The Hall–Kier alpha value is -2.07. The number of ether oxygens (including phenoxy) is 1. The Kier molecular flexibility index (Phi) is 6.07. The van der Waals surface area contributed by atoms with Crippen LogP contribution in [0.1, 0.15) is 12.0 Å². The minimum Gasteiger partial charge on any atom is -0.494 e. The van der Waals surface area contributed by atoms with Crippen molar-refractivity contribution in [2.45, 2.75) is 13.0 Å². The van der Waals surface area contributed by atoms with Gasteiger partial charge in [-0.3, -0.25) is 4.39 Å². The van der Waals surface area contributed by atoms with E-state index in [2.05, 4.69) is 47.4 Å². The molecule has 0 aromatic heterocycles. The van der Waals surface area contributed by atoms with Gasteiger partial charge in [0.05, 0.1) is 39.5 Å². The predicted octanol–water partition coefficient (Wildman–Crippen LogP) is 2.33. The van der Waals surface area contributed by atoms with Crippen molar-refractivity contribution in [3.8, 4) is 5.75 Å². The number of para-hydroxylation sites is 1. The minimum atomic E-state index is -0.323. The molecule has 1 N–H and O–H groups in total. The average Bonchev–Trinajstić information content (AvgIpc) is 2.65. The number of rotatable bonds is 7. The van der Waals surface area contributed by atoms with Crippen LogP contribution in [0.2, 0.25) is 0 Å². The Morgan fingerprint density at radius 2 is 1.67 bits per heavy atom. The first kappa shape index (κ1) is 16.8. The number of hydrogen-bond donors (Lipinski definition) is 1. The van der Waals surface area contributed by atoms with Gasteiger partial charge in [-0.15, -0.1) is 0 Å². The Morgan fingerprint density at radius 1 is 0.958 bits per heavy atom. The molecular weight excluding hydrogens is 303 g/mol. The van der Waals surface area contributed by atoms with Gasteiger partial charge in [-0.25, -0.2) is 0 Å². The highest BCUT2D eigenvalue weighted by atomic mass is 19.1. The first-order chi connectivity index (χ1) is 11.8. The van der Waals surface area contributed by atoms with Crippen molar-refractivity contribution in [2.24, 2.45) is 0 Å². The van der Waals surface area contributed by atoms with Crippen molar-refractivity contribution >= 4 is 5.69 Å². The van der Waals surface area contributed by atoms with E-state index in [4.69, 9.17) is 4.74 Å². The molecule has 0 amide bonds. The fourth-order valence-electron chi connectivity index (χ4n) is 3.13. The van der Waals surface area contributed by atoms with Crippen molar-refractivity contribution < 1.29 is 14.0 Å². The fraction of sp³-hybridized carbons (Fsp3) is 0.400. The third-order valence-electron chi connectivity index (χ3n) is 4.52. The van der Waals surface area contributed by atoms with Crippen molar-refractivity contribution in [1.29, 1.82) is 0 Å². The molecule has 24 heavy (non-hydrogen) atoms. The number of nitrogens with zero attached hydrogens (tertiary/aromatic N) is 1. The summed E-state index contributed by atoms with van der Waals surface area (Å²) in [6, 6.07) is 18.9. The van der Waals surface area contributed by atoms with E-state index in [0.717, 1.165) is 38.5 Å². The molecule has 0 aliphatic carbocycles. The summed E-state index contributed by atoms with van der Waals surface area (Å²) < 4.78 is 17.6. The number of alkyl halides is 1. The van der Waals surface area contributed by atoms with E-state index in [0.29, 0.717) is 13.0 Å². The molecular formula is C20H26FN2O+. The molecule has 128 valence electrons. The Balaban J connectivity index is 1.46. The summed E-state index contributed by atoms with van der Waals surface area (Å²) in [5, 5.41) is 0. The average molecular weight is 329 g/mol. The molecule has 4 heteroatoms. The topological polar surface area (TPSA) is 16.9 Å². The zero-order valence-electron chi connectivity index (χ0n) is 14.1. The number of piperazine rings is 1. The van der Waals surface area contributed by atoms with Gasteiger partial charge >= 0.3 is 0 Å². The summed E-state index contributed by atoms with van der Waals surface area (Å²) in [5.41, 5.74) is 2.65. The van der Waals surface area contributed by atoms with Crippen LogP contribution in [-0.4, -0.2) is 39.5 Å². The molecule has 3 rings (SSSR count). The van der Waals surface area contributed by atoms with Crippen LogP contribution in [0, 0.1) is 0 Å². The van der Waals surface area contributed by atoms with Crippen LogP contribution in [0.3, 0.4) is 0 Å². The third-order valence-corrected chi connectivity index (χ3v) is 4.52. The predicted molar refractivity (Wildman–Crippen MR) is 95.6 cm³/mol. The lowest BCUT2D eigenvalue weighted by Crippen LogP contribution is -3.13. The highest BCUT2D eigenvalue weighted by Gasteiger charge is 2.20. The van der Waals surface area contributed by atoms with Crippen LogP contribution in [0.5, 0.6) is 5.75 Å². The molecule has 0 unspecified atom stereocenters. The molecule has 3 nitrogen and oxygen atoms in total. The lowest BCUT2D eigenvalue weighted by Gasteiger charge is -2.33. The third kappa shape index (κ3) is 4.71. The number of nitrogens with one attached hydrogen (secondary N) is 1. The maximum Gasteiger partial charge on any atom is 0.119 e. The largest absolute Gasteiger partial charge is 0.494 e. The molecule has 1 fully saturated rings. The molecule has 0 atom stereocenters. The van der Waals surface area contributed by atoms with Crippen molar-refractivity contribution in [1.82, 2.24) is 0 Å². The standard InChI is InChI=1S/C20H25FN2O/c21-11-4-16-24-20-9-7-18(8-10-20)17-22-12-14-23(15-13-22)19-5-2-1-3-6-19/h1-3,5-10H,4,11-17H2/p+1. The zero-order chi connectivity index (χ0) is 16.6. The number of halogens is 1. The minimum absolute atomic E-state index is 0.323. The van der Waals surface area contributed by atoms with Gasteiger partial charge in [-0.05, 0) is 36.4 Å². The Morgan fingerprint density at radius 3 is 2.33 bits per heavy atom. The van der Waals surface area contributed by atoms with Gasteiger partial charge in [-0.1, -0.05) is 18.2 Å². The van der Waals surface area contributed by atoms with E-state index in [9.17, 15) is 4.39 Å². The van der Waals surface area contributed by atoms with Crippen LogP contribution < -0.4 is 14.5 Å². The van der Waals surface area contributed by atoms with Gasteiger partial charge in [0, 0.05) is 17.7 Å². The number of quaternary nitrogens is 1. The van der Waals surface area contributed by atoms with E-state index >= 15 is 0 Å². The Labute approximate surface area is 143 Å². The van der Waals surface area contributed by atoms with E-state index < -0.39 is 0 Å². The van der Waals surface area contributed by atoms with Crippen molar-refractivity contribution in [3.05, 3.63) is 60.2 Å². The highest BCUT2D eigenvalue weighted by Crippen LogP contribution is 2.14. The molecule has 2 aromatic carbocycles. The summed E-state index contributed by atoms with van der Waals surface area (Å²) in [6.07, 6.45) is 0.456. The molecule has 1 saturated heterocycles. The monoisotopic (exact) mass is 329 g/mol. The van der Waals surface area contributed by atoms with Gasteiger partial charge in [0.1, 0.15) is 12.3 Å². The summed E-state index contributed by atoms with van der Waals surface area (Å²) in [4.78, 5) is 4.08. The zero-order valence-corrected chi connectivity index (χ0v) is 14.1. The fourth-order valence-corrected chi connectivity index (χ4v) is 3.13. The van der Waals surface area contributed by atoms with Crippen LogP contribution in [0.15, 0.2) is 54.6 Å². The van der Waals surface area contributed by atoms with Crippen LogP contribution in [0.25, 0.3) is 0 Å². The summed E-state index contributed by atoms with van der Waals surface area (Å²) in [7, 11) is 0. The second-order valence-electron chi connectivity index (χ2n) is 6.28. The molecule has 0 bridgehead atoms. The molecule has 1 aliphatic heterocycles. The van der Waals surface area contributed by atoms with Crippen LogP contribution in [0.4, 0.5) is 10.1 Å². The van der Waals surface area contributed by atoms with Crippen molar-refractivity contribution in [3.63, 3.8) is 0 Å². The maximum atomic E-state index is 12.1. The SMILES string of the molecule is FCCCOc1ccc(C[NH+]2CCN(c3ccccc3)CC2)cc1. The quantitative estimate of drug-likeness (QED) is 0.785. The molecule has 0 saturated carbocycles. The van der Waals surface area contributed by atoms with E-state index in [1.807, 2.05) is 12.1 Å². The lowest BCUT2D eigenvalue weighted by molar-refractivity contribution is -0.914. The number of anilines is 1. The summed E-state index contributed by atoms with van der Waals surface area (Å²) >= 11 is 0. The Bertz CT molecular complexity index is 595. The van der Waals surface area contributed by atoms with Crippen LogP contribution in [-0.2, 0) is 6.54 Å². The van der Waals surface area contributed by atoms with Gasteiger partial charge in [0.15, 0.2) is 0 Å². The van der Waals surface area contributed by atoms with E-state index in [1.165, 1.54) is 11.3 Å². The van der Waals surface area contributed by atoms with Gasteiger partial charge in [0.25, 0.3) is 0 Å². The smallest absolute Gasteiger partial charge is 0.119 e. The van der Waals surface area contributed by atoms with Crippen molar-refractivity contribution in [2.75, 3.05) is 44.4 Å². The lowest BCUT2D eigenvalue weighted by atomic mass is 10.2. The van der Waals surface area contributed by atoms with Gasteiger partial charge < -0.3 is 14.5 Å². The molecule has 0 radical (unpaired) electrons. The molecule has 2 aromatic rings. The second kappa shape index (κ2) is 8.69.